The third kappa shape index (κ3) is 2.29. The monoisotopic (exact) mass is 209 g/mol. The van der Waals surface area contributed by atoms with Crippen LogP contribution in [0.4, 0.5) is 10.1 Å². The fourth-order valence-corrected chi connectivity index (χ4v) is 1.82. The van der Waals surface area contributed by atoms with Gasteiger partial charge in [-0.3, -0.25) is 0 Å². The van der Waals surface area contributed by atoms with Crippen LogP contribution in [0.3, 0.4) is 0 Å². The highest BCUT2D eigenvalue weighted by atomic mass is 19.1. The summed E-state index contributed by atoms with van der Waals surface area (Å²) in [7, 11) is 0. The van der Waals surface area contributed by atoms with Crippen LogP contribution in [0, 0.1) is 12.7 Å². The van der Waals surface area contributed by atoms with Crippen molar-refractivity contribution in [3.05, 3.63) is 29.6 Å². The standard InChI is InChI=1S/C12H16FNO/c1-8-3-4-10(7-11(8)13)14-12-5-6-15-9(12)2/h3-4,7,9,12,14H,5-6H2,1-2H3/t9-,12+/m0/s1. The van der Waals surface area contributed by atoms with Gasteiger partial charge >= 0.3 is 0 Å². The van der Waals surface area contributed by atoms with E-state index in [1.165, 1.54) is 0 Å². The van der Waals surface area contributed by atoms with Gasteiger partial charge < -0.3 is 10.1 Å². The molecule has 0 radical (unpaired) electrons. The van der Waals surface area contributed by atoms with Crippen molar-refractivity contribution in [2.45, 2.75) is 32.4 Å². The molecule has 0 amide bonds. The predicted octanol–water partition coefficient (Wildman–Crippen LogP) is 2.72. The average molecular weight is 209 g/mol. The summed E-state index contributed by atoms with van der Waals surface area (Å²) in [4.78, 5) is 0. The van der Waals surface area contributed by atoms with E-state index in [4.69, 9.17) is 4.74 Å². The lowest BCUT2D eigenvalue weighted by Gasteiger charge is -2.17. The van der Waals surface area contributed by atoms with Crippen LogP contribution in [0.25, 0.3) is 0 Å². The molecule has 2 nitrogen and oxygen atoms in total. The summed E-state index contributed by atoms with van der Waals surface area (Å²) in [5.41, 5.74) is 1.51. The van der Waals surface area contributed by atoms with E-state index in [1.807, 2.05) is 13.0 Å². The molecular formula is C12H16FNO. The second kappa shape index (κ2) is 4.19. The summed E-state index contributed by atoms with van der Waals surface area (Å²) in [5, 5.41) is 3.29. The lowest BCUT2D eigenvalue weighted by atomic mass is 10.1. The van der Waals surface area contributed by atoms with E-state index in [2.05, 4.69) is 5.32 Å². The molecular weight excluding hydrogens is 193 g/mol. The Bertz CT molecular complexity index is 353. The molecule has 3 heteroatoms. The molecule has 1 N–H and O–H groups in total. The zero-order chi connectivity index (χ0) is 10.8. The minimum absolute atomic E-state index is 0.161. The van der Waals surface area contributed by atoms with E-state index >= 15 is 0 Å². The number of ether oxygens (including phenoxy) is 1. The summed E-state index contributed by atoms with van der Waals surface area (Å²) >= 11 is 0. The number of hydrogen-bond donors (Lipinski definition) is 1. The zero-order valence-corrected chi connectivity index (χ0v) is 9.09. The highest BCUT2D eigenvalue weighted by Crippen LogP contribution is 2.20. The molecule has 1 aromatic carbocycles. The van der Waals surface area contributed by atoms with E-state index in [-0.39, 0.29) is 11.9 Å². The number of aryl methyl sites for hydroxylation is 1. The first kappa shape index (κ1) is 10.4. The van der Waals surface area contributed by atoms with Crippen molar-refractivity contribution in [2.75, 3.05) is 11.9 Å². The van der Waals surface area contributed by atoms with Gasteiger partial charge in [0.15, 0.2) is 0 Å². The van der Waals surface area contributed by atoms with Crippen molar-refractivity contribution in [2.24, 2.45) is 0 Å². The van der Waals surface area contributed by atoms with Crippen molar-refractivity contribution in [3.63, 3.8) is 0 Å². The molecule has 0 aromatic heterocycles. The van der Waals surface area contributed by atoms with Gasteiger partial charge in [-0.05, 0) is 38.0 Å². The first-order chi connectivity index (χ1) is 7.16. The van der Waals surface area contributed by atoms with Crippen LogP contribution < -0.4 is 5.32 Å². The molecule has 0 unspecified atom stereocenters. The number of halogens is 1. The van der Waals surface area contributed by atoms with Crippen LogP contribution in [0.2, 0.25) is 0 Å². The quantitative estimate of drug-likeness (QED) is 0.808. The molecule has 2 rings (SSSR count). The summed E-state index contributed by atoms with van der Waals surface area (Å²) in [6, 6.07) is 5.54. The molecule has 1 heterocycles. The molecule has 82 valence electrons. The second-order valence-corrected chi connectivity index (χ2v) is 4.08. The Hall–Kier alpha value is -1.09. The maximum atomic E-state index is 13.3. The molecule has 1 aromatic rings. The molecule has 2 atom stereocenters. The van der Waals surface area contributed by atoms with Gasteiger partial charge in [0.1, 0.15) is 5.82 Å². The summed E-state index contributed by atoms with van der Waals surface area (Å²) < 4.78 is 18.7. The van der Waals surface area contributed by atoms with Crippen LogP contribution >= 0.6 is 0 Å². The first-order valence-corrected chi connectivity index (χ1v) is 5.31. The fraction of sp³-hybridized carbons (Fsp3) is 0.500. The average Bonchev–Trinajstić information content (AvgIpc) is 2.59. The molecule has 1 fully saturated rings. The lowest BCUT2D eigenvalue weighted by molar-refractivity contribution is 0.121. The van der Waals surface area contributed by atoms with Gasteiger partial charge in [-0.1, -0.05) is 6.07 Å². The highest BCUT2D eigenvalue weighted by molar-refractivity contribution is 5.46. The van der Waals surface area contributed by atoms with E-state index in [0.29, 0.717) is 11.6 Å². The molecule has 0 saturated carbocycles. The third-order valence-electron chi connectivity index (χ3n) is 2.90. The largest absolute Gasteiger partial charge is 0.380 e. The van der Waals surface area contributed by atoms with Crippen LogP contribution in [-0.2, 0) is 4.74 Å². The van der Waals surface area contributed by atoms with Crippen molar-refractivity contribution >= 4 is 5.69 Å². The second-order valence-electron chi connectivity index (χ2n) is 4.08. The van der Waals surface area contributed by atoms with E-state index in [0.717, 1.165) is 18.7 Å². The van der Waals surface area contributed by atoms with Crippen LogP contribution in [0.5, 0.6) is 0 Å². The minimum atomic E-state index is -0.161. The van der Waals surface area contributed by atoms with Crippen LogP contribution in [0.15, 0.2) is 18.2 Å². The molecule has 1 aliphatic heterocycles. The van der Waals surface area contributed by atoms with Gasteiger partial charge in [-0.2, -0.15) is 0 Å². The molecule has 0 bridgehead atoms. The van der Waals surface area contributed by atoms with Crippen molar-refractivity contribution in [3.8, 4) is 0 Å². The topological polar surface area (TPSA) is 21.3 Å². The van der Waals surface area contributed by atoms with Crippen LogP contribution in [0.1, 0.15) is 18.9 Å². The van der Waals surface area contributed by atoms with Crippen molar-refractivity contribution in [1.82, 2.24) is 0 Å². The number of anilines is 1. The maximum Gasteiger partial charge on any atom is 0.128 e. The number of benzene rings is 1. The molecule has 1 aliphatic rings. The summed E-state index contributed by atoms with van der Waals surface area (Å²) in [6.45, 7) is 4.59. The zero-order valence-electron chi connectivity index (χ0n) is 9.09. The smallest absolute Gasteiger partial charge is 0.128 e. The lowest BCUT2D eigenvalue weighted by Crippen LogP contribution is -2.26. The Morgan fingerprint density at radius 3 is 2.87 bits per heavy atom. The minimum Gasteiger partial charge on any atom is -0.380 e. The Morgan fingerprint density at radius 2 is 2.27 bits per heavy atom. The van der Waals surface area contributed by atoms with Gasteiger partial charge in [0.25, 0.3) is 0 Å². The number of hydrogen-bond acceptors (Lipinski definition) is 2. The van der Waals surface area contributed by atoms with Gasteiger partial charge in [-0.25, -0.2) is 4.39 Å². The molecule has 15 heavy (non-hydrogen) atoms. The SMILES string of the molecule is Cc1ccc(N[C@@H]2CCO[C@H]2C)cc1F. The fourth-order valence-electron chi connectivity index (χ4n) is 1.82. The van der Waals surface area contributed by atoms with E-state index in [9.17, 15) is 4.39 Å². The molecule has 1 saturated heterocycles. The third-order valence-corrected chi connectivity index (χ3v) is 2.90. The van der Waals surface area contributed by atoms with Crippen molar-refractivity contribution in [1.29, 1.82) is 0 Å². The highest BCUT2D eigenvalue weighted by Gasteiger charge is 2.23. The van der Waals surface area contributed by atoms with Crippen molar-refractivity contribution < 1.29 is 9.13 Å². The first-order valence-electron chi connectivity index (χ1n) is 5.31. The maximum absolute atomic E-state index is 13.3. The number of nitrogens with one attached hydrogen (secondary N) is 1. The predicted molar refractivity (Wildman–Crippen MR) is 58.6 cm³/mol. The van der Waals surface area contributed by atoms with Gasteiger partial charge in [-0.15, -0.1) is 0 Å². The Labute approximate surface area is 89.4 Å². The Balaban J connectivity index is 2.07. The van der Waals surface area contributed by atoms with E-state index < -0.39 is 0 Å². The normalized spacial score (nSPS) is 25.5. The summed E-state index contributed by atoms with van der Waals surface area (Å²) in [6.07, 6.45) is 1.19. The van der Waals surface area contributed by atoms with Gasteiger partial charge in [0.2, 0.25) is 0 Å². The van der Waals surface area contributed by atoms with Gasteiger partial charge in [0, 0.05) is 12.3 Å². The molecule has 0 aliphatic carbocycles. The summed E-state index contributed by atoms with van der Waals surface area (Å²) in [5.74, 6) is -0.161. The Morgan fingerprint density at radius 1 is 1.47 bits per heavy atom. The molecule has 0 spiro atoms. The van der Waals surface area contributed by atoms with Gasteiger partial charge in [0.05, 0.1) is 12.1 Å². The van der Waals surface area contributed by atoms with E-state index in [1.54, 1.807) is 19.1 Å². The number of rotatable bonds is 2. The van der Waals surface area contributed by atoms with Crippen LogP contribution in [-0.4, -0.2) is 18.8 Å². The Kier molecular flexibility index (Phi) is 2.91.